The lowest BCUT2D eigenvalue weighted by Gasteiger charge is -2.36. The molecule has 124 valence electrons. The summed E-state index contributed by atoms with van der Waals surface area (Å²) in [7, 11) is 0. The first-order valence-corrected chi connectivity index (χ1v) is 8.02. The summed E-state index contributed by atoms with van der Waals surface area (Å²) in [6, 6.07) is 7.73. The Morgan fingerprint density at radius 2 is 1.96 bits per heavy atom. The minimum atomic E-state index is -0.451. The molecule has 7 nitrogen and oxygen atoms in total. The maximum absolute atomic E-state index is 12.0. The number of nitrogens with one attached hydrogen (secondary N) is 1. The molecule has 1 aromatic heterocycles. The van der Waals surface area contributed by atoms with Gasteiger partial charge in [0.25, 0.3) is 10.9 Å². The number of pyridine rings is 1. The van der Waals surface area contributed by atoms with Gasteiger partial charge in [-0.15, -0.1) is 0 Å². The van der Waals surface area contributed by atoms with E-state index >= 15 is 0 Å². The molecule has 0 saturated carbocycles. The van der Waals surface area contributed by atoms with Gasteiger partial charge in [-0.25, -0.2) is 0 Å². The van der Waals surface area contributed by atoms with Gasteiger partial charge >= 0.3 is 0 Å². The van der Waals surface area contributed by atoms with Gasteiger partial charge in [0.05, 0.1) is 18.3 Å². The highest BCUT2D eigenvalue weighted by Crippen LogP contribution is 2.22. The van der Waals surface area contributed by atoms with Crippen LogP contribution in [-0.4, -0.2) is 42.6 Å². The zero-order chi connectivity index (χ0) is 16.9. The Morgan fingerprint density at radius 1 is 1.17 bits per heavy atom. The van der Waals surface area contributed by atoms with E-state index in [-0.39, 0.29) is 0 Å². The van der Waals surface area contributed by atoms with Crippen molar-refractivity contribution in [1.82, 2.24) is 9.88 Å². The monoisotopic (exact) mass is 325 g/mol. The smallest absolute Gasteiger partial charge is 0.253 e. The number of rotatable bonds is 6. The van der Waals surface area contributed by atoms with Crippen molar-refractivity contribution in [2.24, 2.45) is 0 Å². The quantitative estimate of drug-likeness (QED) is 0.765. The molecule has 0 spiro atoms. The van der Waals surface area contributed by atoms with Crippen LogP contribution in [0.25, 0.3) is 0 Å². The molecule has 2 heterocycles. The van der Waals surface area contributed by atoms with E-state index in [2.05, 4.69) is 21.3 Å². The highest BCUT2D eigenvalue weighted by molar-refractivity contribution is 5.75. The van der Waals surface area contributed by atoms with Crippen LogP contribution in [0.5, 0.6) is 0 Å². The number of hydrogen-bond donors (Lipinski definition) is 1. The van der Waals surface area contributed by atoms with Crippen molar-refractivity contribution in [2.75, 3.05) is 42.9 Å². The molecule has 0 amide bonds. The van der Waals surface area contributed by atoms with Gasteiger partial charge in [-0.1, -0.05) is 6.07 Å². The molecule has 1 aromatic carbocycles. The summed E-state index contributed by atoms with van der Waals surface area (Å²) in [5, 5.41) is 11.7. The van der Waals surface area contributed by atoms with Crippen molar-refractivity contribution < 1.29 is 0 Å². The fraction of sp³-hybridized carbons (Fsp3) is 0.412. The summed E-state index contributed by atoms with van der Waals surface area (Å²) in [6.07, 6.45) is 2.21. The highest BCUT2D eigenvalue weighted by Gasteiger charge is 2.28. The second-order valence-corrected chi connectivity index (χ2v) is 5.79. The van der Waals surface area contributed by atoms with E-state index in [1.165, 1.54) is 0 Å². The normalized spacial score (nSPS) is 15.4. The molecule has 0 radical (unpaired) electrons. The van der Waals surface area contributed by atoms with Crippen molar-refractivity contribution >= 4 is 11.4 Å². The summed E-state index contributed by atoms with van der Waals surface area (Å²) in [5.41, 5.74) is 0.849. The third kappa shape index (κ3) is 3.29. The lowest BCUT2D eigenvalue weighted by atomic mass is 10.1. The fourth-order valence-electron chi connectivity index (χ4n) is 2.93. The van der Waals surface area contributed by atoms with Crippen LogP contribution in [-0.2, 0) is 6.54 Å². The third-order valence-electron chi connectivity index (χ3n) is 4.29. The maximum Gasteiger partial charge on any atom is 0.253 e. The van der Waals surface area contributed by atoms with Gasteiger partial charge < -0.3 is 10.2 Å². The molecular formula is C17H19N5O2. The van der Waals surface area contributed by atoms with Crippen LogP contribution in [0.3, 0.4) is 0 Å². The van der Waals surface area contributed by atoms with E-state index in [1.54, 1.807) is 6.20 Å². The molecule has 1 saturated heterocycles. The van der Waals surface area contributed by atoms with Crippen molar-refractivity contribution in [3.05, 3.63) is 50.5 Å². The second-order valence-electron chi connectivity index (χ2n) is 5.79. The minimum Gasteiger partial charge on any atom is -0.374 e. The largest absolute Gasteiger partial charge is 0.374 e. The van der Waals surface area contributed by atoms with Crippen molar-refractivity contribution in [2.45, 2.75) is 13.0 Å². The van der Waals surface area contributed by atoms with Crippen molar-refractivity contribution in [3.63, 3.8) is 0 Å². The summed E-state index contributed by atoms with van der Waals surface area (Å²) in [4.78, 5) is 32.2. The molecule has 1 aliphatic rings. The first-order valence-electron chi connectivity index (χ1n) is 8.02. The standard InChI is InChI=1S/C17H19N5O2/c18-5-3-7-21-8-10-22(11-9-21)15-14(16(23)17(15)24)20-12-13-4-1-2-6-19-13/h1-2,4,6,20H,3,7-12H2. The number of hydrogen-bond acceptors (Lipinski definition) is 7. The minimum absolute atomic E-state index is 0.399. The SMILES string of the molecule is N#CCCN1CCN(c2c(NCc3ccccn3)c(=O)c2=O)CC1. The molecule has 3 rings (SSSR count). The van der Waals surface area contributed by atoms with E-state index in [0.717, 1.165) is 25.3 Å². The first kappa shape index (κ1) is 16.1. The Balaban J connectivity index is 1.63. The zero-order valence-corrected chi connectivity index (χ0v) is 13.4. The van der Waals surface area contributed by atoms with Crippen molar-refractivity contribution in [3.8, 4) is 6.07 Å². The molecule has 24 heavy (non-hydrogen) atoms. The van der Waals surface area contributed by atoms with Gasteiger partial charge in [-0.2, -0.15) is 5.26 Å². The van der Waals surface area contributed by atoms with Crippen molar-refractivity contribution in [1.29, 1.82) is 5.26 Å². The number of anilines is 2. The summed E-state index contributed by atoms with van der Waals surface area (Å²) in [5.74, 6) is 0. The van der Waals surface area contributed by atoms with Gasteiger partial charge in [0.15, 0.2) is 0 Å². The van der Waals surface area contributed by atoms with Crippen LogP contribution in [0.2, 0.25) is 0 Å². The average molecular weight is 325 g/mol. The molecule has 0 atom stereocenters. The van der Waals surface area contributed by atoms with Gasteiger partial charge in [0.2, 0.25) is 0 Å². The van der Waals surface area contributed by atoms with Gasteiger partial charge in [0.1, 0.15) is 11.4 Å². The number of aromatic nitrogens is 1. The third-order valence-corrected chi connectivity index (χ3v) is 4.29. The Bertz CT molecular complexity index is 797. The Morgan fingerprint density at radius 3 is 2.62 bits per heavy atom. The van der Waals surface area contributed by atoms with Crippen LogP contribution in [0.1, 0.15) is 12.1 Å². The summed E-state index contributed by atoms with van der Waals surface area (Å²) >= 11 is 0. The topological polar surface area (TPSA) is 89.3 Å². The maximum atomic E-state index is 12.0. The highest BCUT2D eigenvalue weighted by atomic mass is 16.2. The molecule has 0 aliphatic carbocycles. The fourth-order valence-corrected chi connectivity index (χ4v) is 2.93. The van der Waals surface area contributed by atoms with E-state index in [4.69, 9.17) is 5.26 Å². The zero-order valence-electron chi connectivity index (χ0n) is 13.4. The lowest BCUT2D eigenvalue weighted by molar-refractivity contribution is 0.263. The molecule has 1 N–H and O–H groups in total. The number of nitrogens with zero attached hydrogens (tertiary/aromatic N) is 4. The summed E-state index contributed by atoms with van der Waals surface area (Å²) in [6.45, 7) is 4.13. The van der Waals surface area contributed by atoms with Crippen LogP contribution in [0, 0.1) is 11.3 Å². The summed E-state index contributed by atoms with van der Waals surface area (Å²) < 4.78 is 0. The van der Waals surface area contributed by atoms with E-state index in [0.29, 0.717) is 37.4 Å². The molecule has 0 unspecified atom stereocenters. The van der Waals surface area contributed by atoms with Gasteiger partial charge in [-0.3, -0.25) is 19.5 Å². The molecule has 1 aliphatic heterocycles. The molecule has 0 bridgehead atoms. The number of piperazine rings is 1. The predicted octanol–water partition coefficient (Wildman–Crippen LogP) is 0.325. The molecule has 1 fully saturated rings. The second kappa shape index (κ2) is 7.23. The van der Waals surface area contributed by atoms with Crippen LogP contribution >= 0.6 is 0 Å². The Hall–Kier alpha value is -2.72. The predicted molar refractivity (Wildman–Crippen MR) is 91.8 cm³/mol. The first-order chi connectivity index (χ1) is 11.7. The molecule has 7 heteroatoms. The van der Waals surface area contributed by atoms with E-state index < -0.39 is 10.9 Å². The van der Waals surface area contributed by atoms with Gasteiger partial charge in [-0.05, 0) is 12.1 Å². The van der Waals surface area contributed by atoms with Crippen LogP contribution in [0.4, 0.5) is 11.4 Å². The molecule has 2 aromatic rings. The van der Waals surface area contributed by atoms with Gasteiger partial charge in [0, 0.05) is 45.3 Å². The Labute approximate surface area is 139 Å². The lowest BCUT2D eigenvalue weighted by Crippen LogP contribution is -2.51. The molecular weight excluding hydrogens is 306 g/mol. The Kier molecular flexibility index (Phi) is 4.87. The van der Waals surface area contributed by atoms with E-state index in [1.807, 2.05) is 23.1 Å². The van der Waals surface area contributed by atoms with E-state index in [9.17, 15) is 9.59 Å². The van der Waals surface area contributed by atoms with Crippen LogP contribution in [0.15, 0.2) is 34.0 Å². The average Bonchev–Trinajstić information content (AvgIpc) is 2.64. The number of nitriles is 1. The van der Waals surface area contributed by atoms with Crippen LogP contribution < -0.4 is 21.1 Å².